The van der Waals surface area contributed by atoms with Gasteiger partial charge in [0.05, 0.1) is 11.6 Å². The molecule has 0 aliphatic heterocycles. The van der Waals surface area contributed by atoms with Crippen LogP contribution in [0.4, 0.5) is 0 Å². The molecule has 178 valence electrons. The van der Waals surface area contributed by atoms with E-state index < -0.39 is 12.1 Å². The first-order chi connectivity index (χ1) is 17.0. The number of carboxylic acid groups (broad SMARTS) is 1. The van der Waals surface area contributed by atoms with Crippen molar-refractivity contribution in [2.75, 3.05) is 0 Å². The summed E-state index contributed by atoms with van der Waals surface area (Å²) in [6.45, 7) is 1.51. The largest absolute Gasteiger partial charge is 0.479 e. The summed E-state index contributed by atoms with van der Waals surface area (Å²) < 4.78 is 5.49. The van der Waals surface area contributed by atoms with Crippen molar-refractivity contribution >= 4 is 5.97 Å². The third-order valence-electron chi connectivity index (χ3n) is 5.93. The minimum absolute atomic E-state index is 0.0986. The summed E-state index contributed by atoms with van der Waals surface area (Å²) in [5, 5.41) is 16.2. The number of nitrogens with one attached hydrogen (secondary N) is 1. The van der Waals surface area contributed by atoms with Crippen LogP contribution in [0.25, 0.3) is 0 Å². The highest BCUT2D eigenvalue weighted by molar-refractivity contribution is 5.72. The molecule has 2 N–H and O–H groups in total. The maximum Gasteiger partial charge on any atom is 0.344 e. The van der Waals surface area contributed by atoms with Crippen molar-refractivity contribution in [1.29, 1.82) is 0 Å². The van der Waals surface area contributed by atoms with E-state index in [9.17, 15) is 9.59 Å². The number of aromatic nitrogens is 2. The van der Waals surface area contributed by atoms with Gasteiger partial charge < -0.3 is 9.84 Å². The van der Waals surface area contributed by atoms with Crippen LogP contribution >= 0.6 is 0 Å². The quantitative estimate of drug-likeness (QED) is 0.343. The number of H-pyrrole nitrogens is 1. The van der Waals surface area contributed by atoms with E-state index in [0.29, 0.717) is 12.2 Å². The lowest BCUT2D eigenvalue weighted by atomic mass is 9.85. The number of carbonyl (C=O) groups is 1. The first kappa shape index (κ1) is 24.0. The van der Waals surface area contributed by atoms with Gasteiger partial charge in [0, 0.05) is 6.07 Å². The number of carboxylic acids is 1. The molecule has 3 aromatic carbocycles. The van der Waals surface area contributed by atoms with Gasteiger partial charge in [-0.1, -0.05) is 72.8 Å². The van der Waals surface area contributed by atoms with Crippen molar-refractivity contribution < 1.29 is 14.6 Å². The molecular formula is C29H28N2O4. The topological polar surface area (TPSA) is 92.3 Å². The average Bonchev–Trinajstić information content (AvgIpc) is 2.87. The summed E-state index contributed by atoms with van der Waals surface area (Å²) in [4.78, 5) is 23.3. The van der Waals surface area contributed by atoms with Crippen molar-refractivity contribution in [2.24, 2.45) is 0 Å². The normalized spacial score (nSPS) is 11.8. The predicted octanol–water partition coefficient (Wildman–Crippen LogP) is 4.98. The second-order valence-corrected chi connectivity index (χ2v) is 8.50. The summed E-state index contributed by atoms with van der Waals surface area (Å²) in [5.41, 5.74) is 4.80. The van der Waals surface area contributed by atoms with Gasteiger partial charge in [0.25, 0.3) is 5.56 Å². The van der Waals surface area contributed by atoms with Gasteiger partial charge in [-0.2, -0.15) is 5.10 Å². The Morgan fingerprint density at radius 3 is 2.20 bits per heavy atom. The molecule has 4 rings (SSSR count). The molecular weight excluding hydrogens is 440 g/mol. The van der Waals surface area contributed by atoms with Crippen molar-refractivity contribution in [3.8, 4) is 5.75 Å². The highest BCUT2D eigenvalue weighted by atomic mass is 16.5. The second-order valence-electron chi connectivity index (χ2n) is 8.50. The van der Waals surface area contributed by atoms with Gasteiger partial charge in [0.2, 0.25) is 0 Å². The van der Waals surface area contributed by atoms with Gasteiger partial charge in [-0.3, -0.25) is 4.79 Å². The smallest absolute Gasteiger partial charge is 0.344 e. The molecule has 0 amide bonds. The molecule has 1 heterocycles. The molecule has 1 atom stereocenters. The lowest BCUT2D eigenvalue weighted by Gasteiger charge is -2.20. The molecule has 1 aromatic heterocycles. The maximum absolute atomic E-state index is 12.2. The lowest BCUT2D eigenvalue weighted by Crippen LogP contribution is -2.22. The van der Waals surface area contributed by atoms with Crippen molar-refractivity contribution in [2.45, 2.75) is 38.2 Å². The zero-order valence-corrected chi connectivity index (χ0v) is 19.6. The number of hydrogen-bond donors (Lipinski definition) is 2. The Balaban J connectivity index is 1.56. The number of hydrogen-bond acceptors (Lipinski definition) is 4. The molecule has 0 spiro atoms. The lowest BCUT2D eigenvalue weighted by molar-refractivity contribution is -0.144. The van der Waals surface area contributed by atoms with Gasteiger partial charge >= 0.3 is 5.97 Å². The first-order valence-electron chi connectivity index (χ1n) is 11.7. The minimum Gasteiger partial charge on any atom is -0.479 e. The molecule has 0 fully saturated rings. The molecule has 0 saturated carbocycles. The van der Waals surface area contributed by atoms with Gasteiger partial charge in [-0.25, -0.2) is 9.89 Å². The van der Waals surface area contributed by atoms with Crippen LogP contribution in [0.1, 0.15) is 47.2 Å². The Kier molecular flexibility index (Phi) is 7.73. The van der Waals surface area contributed by atoms with E-state index >= 15 is 0 Å². The Labute approximate surface area is 204 Å². The minimum atomic E-state index is -1.00. The number of aryl methyl sites for hydroxylation is 2. The number of rotatable bonds is 10. The van der Waals surface area contributed by atoms with E-state index in [1.165, 1.54) is 6.92 Å². The highest BCUT2D eigenvalue weighted by Gasteiger charge is 2.22. The monoisotopic (exact) mass is 468 g/mol. The van der Waals surface area contributed by atoms with E-state index in [4.69, 9.17) is 9.84 Å². The van der Waals surface area contributed by atoms with E-state index in [1.807, 2.05) is 54.6 Å². The summed E-state index contributed by atoms with van der Waals surface area (Å²) in [6, 6.07) is 29.5. The third-order valence-corrected chi connectivity index (χ3v) is 5.93. The second kappa shape index (κ2) is 11.3. The van der Waals surface area contributed by atoms with E-state index in [2.05, 4.69) is 34.5 Å². The van der Waals surface area contributed by atoms with E-state index in [1.54, 1.807) is 12.1 Å². The maximum atomic E-state index is 12.2. The number of benzene rings is 3. The predicted molar refractivity (Wildman–Crippen MR) is 135 cm³/mol. The van der Waals surface area contributed by atoms with Crippen LogP contribution in [0, 0.1) is 0 Å². The van der Waals surface area contributed by atoms with E-state index in [-0.39, 0.29) is 11.5 Å². The van der Waals surface area contributed by atoms with Gasteiger partial charge in [0.15, 0.2) is 6.10 Å². The summed E-state index contributed by atoms with van der Waals surface area (Å²) in [5.74, 6) is -0.571. The Morgan fingerprint density at radius 2 is 1.57 bits per heavy atom. The molecule has 35 heavy (non-hydrogen) atoms. The highest BCUT2D eigenvalue weighted by Crippen LogP contribution is 2.32. The molecule has 4 aromatic rings. The van der Waals surface area contributed by atoms with Crippen LogP contribution in [0.5, 0.6) is 5.75 Å². The van der Waals surface area contributed by atoms with Gasteiger partial charge in [0.1, 0.15) is 5.75 Å². The number of nitrogens with zero attached hydrogens (tertiary/aromatic N) is 1. The molecule has 0 aliphatic carbocycles. The Morgan fingerprint density at radius 1 is 0.914 bits per heavy atom. The third kappa shape index (κ3) is 6.23. The molecule has 0 saturated heterocycles. The van der Waals surface area contributed by atoms with E-state index in [0.717, 1.165) is 40.8 Å². The van der Waals surface area contributed by atoms with Crippen LogP contribution in [0.15, 0.2) is 95.8 Å². The zero-order chi connectivity index (χ0) is 24.6. The molecule has 6 heteroatoms. The fourth-order valence-corrected chi connectivity index (χ4v) is 4.21. The molecule has 0 aliphatic rings. The fourth-order valence-electron chi connectivity index (χ4n) is 4.21. The van der Waals surface area contributed by atoms with Crippen LogP contribution in [0.2, 0.25) is 0 Å². The molecule has 0 unspecified atom stereocenters. The summed E-state index contributed by atoms with van der Waals surface area (Å²) >= 11 is 0. The number of aliphatic carboxylic acids is 1. The molecule has 6 nitrogen and oxygen atoms in total. The summed E-state index contributed by atoms with van der Waals surface area (Å²) in [7, 11) is 0. The standard InChI is InChI=1S/C29H28N2O4/c1-20(29(33)34)35-25-17-9-11-21(18-25)10-8-16-24-19-26(32)30-31-28(24)27(22-12-4-2-5-13-22)23-14-6-3-7-15-23/h2-7,9,11-15,17-20,27H,8,10,16H2,1H3,(H,30,32)(H,33,34)/t20-/m1/s1. The summed E-state index contributed by atoms with van der Waals surface area (Å²) in [6.07, 6.45) is 1.32. The molecule has 0 bridgehead atoms. The number of ether oxygens (including phenoxy) is 1. The number of aromatic amines is 1. The van der Waals surface area contributed by atoms with Crippen LogP contribution in [-0.2, 0) is 17.6 Å². The zero-order valence-electron chi connectivity index (χ0n) is 19.6. The average molecular weight is 469 g/mol. The fraction of sp³-hybridized carbons (Fsp3) is 0.207. The van der Waals surface area contributed by atoms with Gasteiger partial charge in [-0.15, -0.1) is 0 Å². The van der Waals surface area contributed by atoms with Crippen molar-refractivity contribution in [1.82, 2.24) is 10.2 Å². The Bertz CT molecular complexity index is 1280. The first-order valence-corrected chi connectivity index (χ1v) is 11.7. The van der Waals surface area contributed by atoms with Crippen LogP contribution < -0.4 is 10.3 Å². The van der Waals surface area contributed by atoms with Gasteiger partial charge in [-0.05, 0) is 60.6 Å². The van der Waals surface area contributed by atoms with Crippen LogP contribution in [0.3, 0.4) is 0 Å². The molecule has 0 radical (unpaired) electrons. The Hall–Kier alpha value is -4.19. The van der Waals surface area contributed by atoms with Crippen molar-refractivity contribution in [3.05, 3.63) is 129 Å². The van der Waals surface area contributed by atoms with Crippen molar-refractivity contribution in [3.63, 3.8) is 0 Å². The van der Waals surface area contributed by atoms with Crippen LogP contribution in [-0.4, -0.2) is 27.4 Å². The SMILES string of the molecule is C[C@@H](Oc1cccc(CCCc2cc(=O)[nH]nc2C(c2ccccc2)c2ccccc2)c1)C(=O)O.